The third-order valence-electron chi connectivity index (χ3n) is 6.37. The summed E-state index contributed by atoms with van der Waals surface area (Å²) in [5, 5.41) is 3.25. The SMILES string of the molecule is C=C(C)C(=O)NC(C)(CCC)c1cccc(CCCCCCCCCCCC)c1C. The van der Waals surface area contributed by atoms with Crippen molar-refractivity contribution in [1.82, 2.24) is 5.32 Å². The zero-order chi connectivity index (χ0) is 22.4. The summed E-state index contributed by atoms with van der Waals surface area (Å²) in [6, 6.07) is 6.61. The minimum Gasteiger partial charge on any atom is -0.343 e. The van der Waals surface area contributed by atoms with Crippen LogP contribution in [0.15, 0.2) is 30.4 Å². The average molecular weight is 414 g/mol. The maximum absolute atomic E-state index is 12.4. The summed E-state index contributed by atoms with van der Waals surface area (Å²) >= 11 is 0. The molecule has 1 unspecified atom stereocenters. The highest BCUT2D eigenvalue weighted by Gasteiger charge is 2.29. The predicted octanol–water partition coefficient (Wildman–Crippen LogP) is 8.17. The van der Waals surface area contributed by atoms with E-state index in [9.17, 15) is 4.79 Å². The van der Waals surface area contributed by atoms with E-state index in [1.165, 1.54) is 80.9 Å². The highest BCUT2D eigenvalue weighted by atomic mass is 16.1. The van der Waals surface area contributed by atoms with Gasteiger partial charge in [0.2, 0.25) is 5.91 Å². The standard InChI is InChI=1S/C28H47NO/c1-7-9-10-11-12-13-14-15-16-17-19-25-20-18-21-26(24(25)5)28(6,22-8-2)29-27(30)23(3)4/h18,20-21H,3,7-17,19,22H2,1-2,4-6H3,(H,29,30). The number of carbonyl (C=O) groups excluding carboxylic acids is 1. The Morgan fingerprint density at radius 3 is 2.03 bits per heavy atom. The number of aryl methyl sites for hydroxylation is 1. The van der Waals surface area contributed by atoms with Gasteiger partial charge in [0.1, 0.15) is 0 Å². The summed E-state index contributed by atoms with van der Waals surface area (Å²) in [4.78, 5) is 12.4. The molecule has 0 heterocycles. The fourth-order valence-corrected chi connectivity index (χ4v) is 4.48. The summed E-state index contributed by atoms with van der Waals surface area (Å²) in [5.41, 5.74) is 4.24. The number of carbonyl (C=O) groups is 1. The largest absolute Gasteiger partial charge is 0.343 e. The second-order valence-corrected chi connectivity index (χ2v) is 9.34. The summed E-state index contributed by atoms with van der Waals surface area (Å²) in [7, 11) is 0. The third kappa shape index (κ3) is 9.06. The fraction of sp³-hybridized carbons (Fsp3) is 0.679. The van der Waals surface area contributed by atoms with Crippen LogP contribution in [0, 0.1) is 6.92 Å². The fourth-order valence-electron chi connectivity index (χ4n) is 4.48. The third-order valence-corrected chi connectivity index (χ3v) is 6.37. The first-order chi connectivity index (χ1) is 14.4. The van der Waals surface area contributed by atoms with E-state index >= 15 is 0 Å². The van der Waals surface area contributed by atoms with Gasteiger partial charge < -0.3 is 5.32 Å². The number of hydrogen-bond donors (Lipinski definition) is 1. The van der Waals surface area contributed by atoms with Crippen molar-refractivity contribution in [2.24, 2.45) is 0 Å². The molecule has 0 fully saturated rings. The Labute approximate surface area is 186 Å². The van der Waals surface area contributed by atoms with Gasteiger partial charge in [0.15, 0.2) is 0 Å². The maximum Gasteiger partial charge on any atom is 0.247 e. The van der Waals surface area contributed by atoms with Crippen LogP contribution < -0.4 is 5.32 Å². The minimum atomic E-state index is -0.345. The first kappa shape index (κ1) is 26.5. The number of benzene rings is 1. The maximum atomic E-state index is 12.4. The van der Waals surface area contributed by atoms with Crippen LogP contribution in [0.2, 0.25) is 0 Å². The van der Waals surface area contributed by atoms with Crippen molar-refractivity contribution < 1.29 is 4.79 Å². The molecule has 1 aromatic rings. The van der Waals surface area contributed by atoms with Crippen LogP contribution in [0.1, 0.15) is 121 Å². The molecule has 1 N–H and O–H groups in total. The van der Waals surface area contributed by atoms with E-state index in [4.69, 9.17) is 0 Å². The summed E-state index contributed by atoms with van der Waals surface area (Å²) in [6.45, 7) is 14.4. The van der Waals surface area contributed by atoms with Gasteiger partial charge in [-0.15, -0.1) is 0 Å². The first-order valence-electron chi connectivity index (χ1n) is 12.4. The van der Waals surface area contributed by atoms with Crippen LogP contribution in [-0.4, -0.2) is 5.91 Å². The van der Waals surface area contributed by atoms with Gasteiger partial charge in [-0.2, -0.15) is 0 Å². The van der Waals surface area contributed by atoms with E-state index in [1.54, 1.807) is 6.92 Å². The number of amides is 1. The molecule has 2 heteroatoms. The van der Waals surface area contributed by atoms with Gasteiger partial charge in [0.05, 0.1) is 5.54 Å². The molecule has 30 heavy (non-hydrogen) atoms. The Morgan fingerprint density at radius 1 is 0.933 bits per heavy atom. The zero-order valence-corrected chi connectivity index (χ0v) is 20.5. The summed E-state index contributed by atoms with van der Waals surface area (Å²) in [5.74, 6) is -0.0505. The number of nitrogens with one attached hydrogen (secondary N) is 1. The second kappa shape index (κ2) is 14.4. The summed E-state index contributed by atoms with van der Waals surface area (Å²) < 4.78 is 0. The van der Waals surface area contributed by atoms with Gasteiger partial charge in [-0.1, -0.05) is 103 Å². The van der Waals surface area contributed by atoms with E-state index in [-0.39, 0.29) is 11.4 Å². The van der Waals surface area contributed by atoms with Crippen molar-refractivity contribution in [3.05, 3.63) is 47.0 Å². The monoisotopic (exact) mass is 413 g/mol. The molecule has 0 bridgehead atoms. The van der Waals surface area contributed by atoms with E-state index < -0.39 is 0 Å². The van der Waals surface area contributed by atoms with E-state index in [0.717, 1.165) is 19.3 Å². The van der Waals surface area contributed by atoms with E-state index in [0.29, 0.717) is 5.57 Å². The molecule has 0 aliphatic heterocycles. The van der Waals surface area contributed by atoms with Crippen molar-refractivity contribution in [2.45, 2.75) is 124 Å². The second-order valence-electron chi connectivity index (χ2n) is 9.34. The average Bonchev–Trinajstić information content (AvgIpc) is 2.70. The molecule has 2 nitrogen and oxygen atoms in total. The van der Waals surface area contributed by atoms with E-state index in [2.05, 4.69) is 57.8 Å². The molecule has 1 rings (SSSR count). The lowest BCUT2D eigenvalue weighted by Gasteiger charge is -2.33. The molecule has 0 saturated heterocycles. The molecule has 0 radical (unpaired) electrons. The zero-order valence-electron chi connectivity index (χ0n) is 20.5. The van der Waals surface area contributed by atoms with Crippen LogP contribution in [0.4, 0.5) is 0 Å². The minimum absolute atomic E-state index is 0.0505. The number of unbranched alkanes of at least 4 members (excludes halogenated alkanes) is 9. The quantitative estimate of drug-likeness (QED) is 0.215. The number of rotatable bonds is 16. The van der Waals surface area contributed by atoms with Crippen molar-refractivity contribution in [1.29, 1.82) is 0 Å². The molecule has 0 aliphatic rings. The Hall–Kier alpha value is -1.57. The lowest BCUT2D eigenvalue weighted by Crippen LogP contribution is -2.44. The Kier molecular flexibility index (Phi) is 12.7. The number of hydrogen-bond acceptors (Lipinski definition) is 1. The Morgan fingerprint density at radius 2 is 1.50 bits per heavy atom. The molecular formula is C28H47NO. The van der Waals surface area contributed by atoms with Crippen molar-refractivity contribution in [3.63, 3.8) is 0 Å². The van der Waals surface area contributed by atoms with Gasteiger partial charge in [-0.25, -0.2) is 0 Å². The lowest BCUT2D eigenvalue weighted by molar-refractivity contribution is -0.119. The molecule has 0 spiro atoms. The van der Waals surface area contributed by atoms with Gasteiger partial charge in [0, 0.05) is 5.57 Å². The molecule has 170 valence electrons. The van der Waals surface area contributed by atoms with Crippen LogP contribution in [-0.2, 0) is 16.8 Å². The van der Waals surface area contributed by atoms with Gasteiger partial charge in [-0.3, -0.25) is 4.79 Å². The van der Waals surface area contributed by atoms with Gasteiger partial charge in [-0.05, 0) is 56.7 Å². The topological polar surface area (TPSA) is 29.1 Å². The normalized spacial score (nSPS) is 13.1. The summed E-state index contributed by atoms with van der Waals surface area (Å²) in [6.07, 6.45) is 16.8. The van der Waals surface area contributed by atoms with Crippen molar-refractivity contribution >= 4 is 5.91 Å². The molecule has 0 saturated carbocycles. The molecule has 1 aromatic carbocycles. The molecule has 0 aromatic heterocycles. The van der Waals surface area contributed by atoms with E-state index in [1.807, 2.05) is 0 Å². The van der Waals surface area contributed by atoms with Crippen LogP contribution in [0.25, 0.3) is 0 Å². The highest BCUT2D eigenvalue weighted by Crippen LogP contribution is 2.31. The van der Waals surface area contributed by atoms with Gasteiger partial charge >= 0.3 is 0 Å². The first-order valence-corrected chi connectivity index (χ1v) is 12.4. The molecule has 0 aliphatic carbocycles. The van der Waals surface area contributed by atoms with Crippen molar-refractivity contribution in [2.75, 3.05) is 0 Å². The van der Waals surface area contributed by atoms with Crippen LogP contribution >= 0.6 is 0 Å². The molecule has 1 atom stereocenters. The lowest BCUT2D eigenvalue weighted by atomic mass is 9.82. The predicted molar refractivity (Wildman–Crippen MR) is 132 cm³/mol. The van der Waals surface area contributed by atoms with Crippen LogP contribution in [0.3, 0.4) is 0 Å². The van der Waals surface area contributed by atoms with Crippen molar-refractivity contribution in [3.8, 4) is 0 Å². The molecule has 1 amide bonds. The molecular weight excluding hydrogens is 366 g/mol. The smallest absolute Gasteiger partial charge is 0.247 e. The van der Waals surface area contributed by atoms with Crippen LogP contribution in [0.5, 0.6) is 0 Å². The Balaban J connectivity index is 2.58. The van der Waals surface area contributed by atoms with Gasteiger partial charge in [0.25, 0.3) is 0 Å². The highest BCUT2D eigenvalue weighted by molar-refractivity contribution is 5.92. The Bertz CT molecular complexity index is 648.